The largest absolute Gasteiger partial charge is 0.446 e. The van der Waals surface area contributed by atoms with Gasteiger partial charge < -0.3 is 10.1 Å². The molecule has 0 aromatic heterocycles. The third-order valence-electron chi connectivity index (χ3n) is 2.29. The Bertz CT molecular complexity index is 388. The predicted molar refractivity (Wildman–Crippen MR) is 52.9 cm³/mol. The van der Waals surface area contributed by atoms with Gasteiger partial charge in [-0.1, -0.05) is 30.3 Å². The van der Waals surface area contributed by atoms with Crippen LogP contribution in [0.25, 0.3) is 0 Å². The summed E-state index contributed by atoms with van der Waals surface area (Å²) in [6.07, 6.45) is -0.810. The van der Waals surface area contributed by atoms with E-state index in [9.17, 15) is 9.59 Å². The van der Waals surface area contributed by atoms with Gasteiger partial charge in [-0.2, -0.15) is 0 Å². The van der Waals surface area contributed by atoms with Gasteiger partial charge in [0.05, 0.1) is 0 Å². The number of hydrogen-bond donors (Lipinski definition) is 1. The lowest BCUT2D eigenvalue weighted by molar-refractivity contribution is -0.165. The third-order valence-corrected chi connectivity index (χ3v) is 2.29. The lowest BCUT2D eigenvalue weighted by Gasteiger charge is -2.26. The van der Waals surface area contributed by atoms with Crippen molar-refractivity contribution < 1.29 is 14.3 Å². The Labute approximate surface area is 87.2 Å². The normalized spacial score (nSPS) is 25.7. The summed E-state index contributed by atoms with van der Waals surface area (Å²) in [6.45, 7) is 1.60. The number of benzene rings is 1. The van der Waals surface area contributed by atoms with E-state index in [1.54, 1.807) is 31.2 Å². The standard InChI is InChI=1S/C11H11NO3/c1-7-11(14)15-9(10(13)12-7)8-5-3-2-4-6-8/h2-7,9H,1H3,(H,12,13)/t7-,9-/m0/s1. The first kappa shape index (κ1) is 9.71. The van der Waals surface area contributed by atoms with Crippen molar-refractivity contribution >= 4 is 11.9 Å². The summed E-state index contributed by atoms with van der Waals surface area (Å²) in [6, 6.07) is 8.40. The fraction of sp³-hybridized carbons (Fsp3) is 0.273. The molecule has 0 aliphatic carbocycles. The molecule has 2 atom stereocenters. The maximum Gasteiger partial charge on any atom is 0.329 e. The van der Waals surface area contributed by atoms with Crippen LogP contribution in [0.2, 0.25) is 0 Å². The summed E-state index contributed by atoms with van der Waals surface area (Å²) in [5.74, 6) is -0.670. The van der Waals surface area contributed by atoms with Crippen LogP contribution >= 0.6 is 0 Å². The molecule has 0 saturated carbocycles. The maximum absolute atomic E-state index is 11.6. The van der Waals surface area contributed by atoms with Crippen LogP contribution in [-0.2, 0) is 14.3 Å². The summed E-state index contributed by atoms with van der Waals surface area (Å²) in [4.78, 5) is 22.8. The number of amides is 1. The lowest BCUT2D eigenvalue weighted by Crippen LogP contribution is -2.48. The van der Waals surface area contributed by atoms with Gasteiger partial charge in [-0.25, -0.2) is 4.79 Å². The minimum Gasteiger partial charge on any atom is -0.446 e. The molecule has 4 nitrogen and oxygen atoms in total. The van der Waals surface area contributed by atoms with Crippen molar-refractivity contribution in [1.29, 1.82) is 0 Å². The van der Waals surface area contributed by atoms with Crippen LogP contribution in [0.5, 0.6) is 0 Å². The van der Waals surface area contributed by atoms with E-state index in [-0.39, 0.29) is 5.91 Å². The number of morpholine rings is 1. The van der Waals surface area contributed by atoms with Gasteiger partial charge in [0.25, 0.3) is 5.91 Å². The van der Waals surface area contributed by atoms with Crippen LogP contribution in [0.1, 0.15) is 18.6 Å². The molecule has 4 heteroatoms. The lowest BCUT2D eigenvalue weighted by atomic mass is 10.1. The average Bonchev–Trinajstić information content (AvgIpc) is 2.25. The maximum atomic E-state index is 11.6. The molecule has 0 unspecified atom stereocenters. The minimum atomic E-state index is -0.810. The van der Waals surface area contributed by atoms with Crippen molar-refractivity contribution in [3.8, 4) is 0 Å². The van der Waals surface area contributed by atoms with Crippen LogP contribution in [0, 0.1) is 0 Å². The molecule has 78 valence electrons. The first-order valence-corrected chi connectivity index (χ1v) is 4.74. The van der Waals surface area contributed by atoms with Crippen molar-refractivity contribution in [3.63, 3.8) is 0 Å². The molecule has 1 aliphatic heterocycles. The van der Waals surface area contributed by atoms with Crippen LogP contribution in [0.4, 0.5) is 0 Å². The summed E-state index contributed by atoms with van der Waals surface area (Å²) in [5, 5.41) is 2.56. The zero-order chi connectivity index (χ0) is 10.8. The van der Waals surface area contributed by atoms with Crippen molar-refractivity contribution in [2.75, 3.05) is 0 Å². The van der Waals surface area contributed by atoms with Crippen molar-refractivity contribution in [3.05, 3.63) is 35.9 Å². The SMILES string of the molecule is C[C@@H]1NC(=O)[C@H](c2ccccc2)OC1=O. The highest BCUT2D eigenvalue weighted by Gasteiger charge is 2.34. The Kier molecular flexibility index (Phi) is 2.41. The molecule has 1 heterocycles. The molecule has 1 fully saturated rings. The van der Waals surface area contributed by atoms with E-state index in [2.05, 4.69) is 5.32 Å². The molecule has 1 saturated heterocycles. The highest BCUT2D eigenvalue weighted by Crippen LogP contribution is 2.21. The van der Waals surface area contributed by atoms with Gasteiger partial charge in [0, 0.05) is 5.56 Å². The Morgan fingerprint density at radius 3 is 2.53 bits per heavy atom. The number of hydrogen-bond acceptors (Lipinski definition) is 3. The Morgan fingerprint density at radius 1 is 1.20 bits per heavy atom. The van der Waals surface area contributed by atoms with Crippen LogP contribution in [0.15, 0.2) is 30.3 Å². The van der Waals surface area contributed by atoms with Gasteiger partial charge in [-0.3, -0.25) is 4.79 Å². The molecule has 1 aromatic carbocycles. The molecule has 0 radical (unpaired) electrons. The number of carbonyl (C=O) groups is 2. The van der Waals surface area contributed by atoms with E-state index in [0.29, 0.717) is 5.56 Å². The topological polar surface area (TPSA) is 55.4 Å². The molecular formula is C11H11NO3. The van der Waals surface area contributed by atoms with Gasteiger partial charge in [0.2, 0.25) is 6.10 Å². The van der Waals surface area contributed by atoms with Gasteiger partial charge in [0.15, 0.2) is 0 Å². The number of esters is 1. The second kappa shape index (κ2) is 3.73. The predicted octanol–water partition coefficient (Wildman–Crippen LogP) is 0.789. The Balaban J connectivity index is 2.24. The molecule has 0 bridgehead atoms. The van der Waals surface area contributed by atoms with Gasteiger partial charge in [0.1, 0.15) is 6.04 Å². The van der Waals surface area contributed by atoms with E-state index in [1.807, 2.05) is 6.07 Å². The second-order valence-electron chi connectivity index (χ2n) is 3.46. The first-order chi connectivity index (χ1) is 7.18. The second-order valence-corrected chi connectivity index (χ2v) is 3.46. The highest BCUT2D eigenvalue weighted by molar-refractivity contribution is 5.92. The van der Waals surface area contributed by atoms with Gasteiger partial charge in [-0.15, -0.1) is 0 Å². The number of nitrogens with one attached hydrogen (secondary N) is 1. The number of ether oxygens (including phenoxy) is 1. The van der Waals surface area contributed by atoms with Gasteiger partial charge in [-0.05, 0) is 6.92 Å². The van der Waals surface area contributed by atoms with Crippen LogP contribution in [0.3, 0.4) is 0 Å². The third kappa shape index (κ3) is 1.83. The van der Waals surface area contributed by atoms with Crippen molar-refractivity contribution in [2.24, 2.45) is 0 Å². The molecule has 1 aromatic rings. The molecule has 15 heavy (non-hydrogen) atoms. The zero-order valence-electron chi connectivity index (χ0n) is 8.27. The zero-order valence-corrected chi connectivity index (χ0v) is 8.27. The van der Waals surface area contributed by atoms with E-state index in [4.69, 9.17) is 4.74 Å². The molecule has 2 rings (SSSR count). The number of cyclic esters (lactones) is 1. The molecular weight excluding hydrogens is 194 g/mol. The van der Waals surface area contributed by atoms with Crippen LogP contribution in [-0.4, -0.2) is 17.9 Å². The first-order valence-electron chi connectivity index (χ1n) is 4.74. The summed E-state index contributed by atoms with van der Waals surface area (Å²) < 4.78 is 5.05. The molecule has 1 aliphatic rings. The van der Waals surface area contributed by atoms with Crippen LogP contribution < -0.4 is 5.32 Å². The van der Waals surface area contributed by atoms with E-state index < -0.39 is 18.1 Å². The number of rotatable bonds is 1. The average molecular weight is 205 g/mol. The quantitative estimate of drug-likeness (QED) is 0.689. The summed E-state index contributed by atoms with van der Waals surface area (Å²) in [7, 11) is 0. The fourth-order valence-electron chi connectivity index (χ4n) is 1.47. The van der Waals surface area contributed by atoms with Crippen molar-refractivity contribution in [2.45, 2.75) is 19.1 Å². The fourth-order valence-corrected chi connectivity index (χ4v) is 1.47. The molecule has 0 spiro atoms. The minimum absolute atomic E-state index is 0.270. The van der Waals surface area contributed by atoms with E-state index in [1.165, 1.54) is 0 Å². The van der Waals surface area contributed by atoms with E-state index >= 15 is 0 Å². The summed E-state index contributed by atoms with van der Waals surface area (Å²) in [5.41, 5.74) is 0.690. The number of carbonyl (C=O) groups excluding carboxylic acids is 2. The molecule has 1 amide bonds. The monoisotopic (exact) mass is 205 g/mol. The Morgan fingerprint density at radius 2 is 1.87 bits per heavy atom. The summed E-state index contributed by atoms with van der Waals surface area (Å²) >= 11 is 0. The Hall–Kier alpha value is -1.84. The smallest absolute Gasteiger partial charge is 0.329 e. The highest BCUT2D eigenvalue weighted by atomic mass is 16.6. The van der Waals surface area contributed by atoms with Gasteiger partial charge >= 0.3 is 5.97 Å². The van der Waals surface area contributed by atoms with E-state index in [0.717, 1.165) is 0 Å². The van der Waals surface area contributed by atoms with Crippen molar-refractivity contribution in [1.82, 2.24) is 5.32 Å². The molecule has 1 N–H and O–H groups in total.